The third kappa shape index (κ3) is 18.3. The molecule has 0 saturated heterocycles. The third-order valence-corrected chi connectivity index (χ3v) is 14.0. The molecule has 95 heavy (non-hydrogen) atoms. The Bertz CT molecular complexity index is 4670. The molecule has 0 atom stereocenters. The van der Waals surface area contributed by atoms with Gasteiger partial charge in [-0.05, 0) is 87.9 Å². The maximum atomic E-state index is 12.7. The van der Waals surface area contributed by atoms with Crippen molar-refractivity contribution < 1.29 is 35.4 Å². The highest BCUT2D eigenvalue weighted by Gasteiger charge is 2.20. The van der Waals surface area contributed by atoms with Crippen molar-refractivity contribution in [2.45, 2.75) is 27.7 Å². The van der Waals surface area contributed by atoms with E-state index in [4.69, 9.17) is 11.5 Å². The van der Waals surface area contributed by atoms with Gasteiger partial charge >= 0.3 is 0 Å². The summed E-state index contributed by atoms with van der Waals surface area (Å²) in [4.78, 5) is 105. The molecule has 0 aliphatic carbocycles. The lowest BCUT2D eigenvalue weighted by Gasteiger charge is -2.14. The van der Waals surface area contributed by atoms with Gasteiger partial charge in [-0.25, -0.2) is 39.9 Å². The Labute approximate surface area is 560 Å². The molecule has 0 aliphatic heterocycles. The summed E-state index contributed by atoms with van der Waals surface area (Å²) in [5, 5.41) is 11.1. The molecule has 0 radical (unpaired) electrons. The minimum Gasteiger partial charge on any atom is -0.382 e. The SMILES string of the molecule is CC(=O)c1ccc(NC(=O)c2nc(-c3ccccc3)cnc2C)cc1.Cc1ccccc1NC(=O)c1nc(-c2ccccc2)cnc1N.Cc1ncc(-c2ccccc2)nc1C(=O)Nc1cccc(N(C)C)c1.Nc1ncc(-c2ccccc2)nc1C(=O)Nc1ccncn1.[HH].[HH].[HH].[HH].[HH].[HH].[HH].[HH]. The van der Waals surface area contributed by atoms with Crippen LogP contribution in [0.4, 0.5) is 40.2 Å². The van der Waals surface area contributed by atoms with Gasteiger partial charge in [0.15, 0.2) is 28.8 Å². The molecule has 5 heterocycles. The second kappa shape index (κ2) is 32.1. The highest BCUT2D eigenvalue weighted by atomic mass is 16.2. The van der Waals surface area contributed by atoms with Crippen molar-refractivity contribution in [3.8, 4) is 45.0 Å². The van der Waals surface area contributed by atoms with Gasteiger partial charge in [-0.2, -0.15) is 0 Å². The average Bonchev–Trinajstić information content (AvgIpc) is 0.838. The van der Waals surface area contributed by atoms with E-state index in [1.54, 1.807) is 62.8 Å². The molecule has 7 aromatic carbocycles. The minimum absolute atomic E-state index is 0. The van der Waals surface area contributed by atoms with E-state index < -0.39 is 5.91 Å². The van der Waals surface area contributed by atoms with Crippen LogP contribution in [-0.4, -0.2) is 93.3 Å². The molecule has 0 aliphatic rings. The number of nitrogens with two attached hydrogens (primary N) is 2. The number of nitrogen functional groups attached to an aromatic ring is 2. The molecule has 12 rings (SSSR count). The number of rotatable bonds is 14. The molecular formula is C73H81N17O5. The number of benzene rings is 7. The van der Waals surface area contributed by atoms with Gasteiger partial charge in [0.1, 0.15) is 23.5 Å². The van der Waals surface area contributed by atoms with Crippen molar-refractivity contribution in [2.75, 3.05) is 51.7 Å². The largest absolute Gasteiger partial charge is 0.382 e. The van der Waals surface area contributed by atoms with Crippen LogP contribution in [0, 0.1) is 20.8 Å². The van der Waals surface area contributed by atoms with E-state index in [-0.39, 0.29) is 63.6 Å². The summed E-state index contributed by atoms with van der Waals surface area (Å²) in [6.07, 6.45) is 9.31. The van der Waals surface area contributed by atoms with Crippen molar-refractivity contribution >= 4 is 69.6 Å². The Hall–Kier alpha value is -13.1. The average molecular weight is 1280 g/mol. The molecule has 0 unspecified atom stereocenters. The van der Waals surface area contributed by atoms with E-state index in [1.807, 2.05) is 196 Å². The highest BCUT2D eigenvalue weighted by Crippen LogP contribution is 2.25. The van der Waals surface area contributed by atoms with Crippen LogP contribution in [0.25, 0.3) is 45.0 Å². The fourth-order valence-corrected chi connectivity index (χ4v) is 8.92. The number of aryl methyl sites for hydroxylation is 3. The van der Waals surface area contributed by atoms with Crippen LogP contribution >= 0.6 is 0 Å². The van der Waals surface area contributed by atoms with Crippen LogP contribution in [0.2, 0.25) is 0 Å². The van der Waals surface area contributed by atoms with Crippen molar-refractivity contribution in [2.24, 2.45) is 0 Å². The van der Waals surface area contributed by atoms with E-state index in [2.05, 4.69) is 71.1 Å². The normalized spacial score (nSPS) is 10.3. The third-order valence-electron chi connectivity index (χ3n) is 14.0. The van der Waals surface area contributed by atoms with Crippen molar-refractivity contribution in [1.82, 2.24) is 49.8 Å². The monoisotopic (exact) mass is 1280 g/mol. The number of carbonyl (C=O) groups is 5. The van der Waals surface area contributed by atoms with Crippen LogP contribution in [-0.2, 0) is 0 Å². The first kappa shape index (κ1) is 66.3. The lowest BCUT2D eigenvalue weighted by Crippen LogP contribution is -2.18. The van der Waals surface area contributed by atoms with E-state index in [0.717, 1.165) is 44.9 Å². The summed E-state index contributed by atoms with van der Waals surface area (Å²) in [5.41, 5.74) is 24.2. The number of nitrogens with one attached hydrogen (secondary N) is 4. The predicted octanol–water partition coefficient (Wildman–Crippen LogP) is 14.7. The number of hydrogen-bond donors (Lipinski definition) is 6. The summed E-state index contributed by atoms with van der Waals surface area (Å²) in [6.45, 7) is 6.95. The van der Waals surface area contributed by atoms with Crippen molar-refractivity contribution in [1.29, 1.82) is 0 Å². The summed E-state index contributed by atoms with van der Waals surface area (Å²) >= 11 is 0. The molecule has 4 amide bonds. The van der Waals surface area contributed by atoms with Crippen LogP contribution in [0.5, 0.6) is 0 Å². The smallest absolute Gasteiger partial charge is 0.279 e. The maximum absolute atomic E-state index is 12.7. The Balaban J connectivity index is 0.000000670. The standard InChI is InChI=1S/C20H20N4O.C20H17N3O2.C18H16N4O.C15H12N6O.8H2/c1-14-19(23-18(13-21-14)15-8-5-4-6-9-15)20(25)22-16-10-7-11-17(12-16)24(2)3;1-13-19(23-18(12-21-13)16-6-4-3-5-7-16)20(25)22-17-10-8-15(9-11-17)14(2)24;1-12-7-5-6-10-14(12)22-18(23)16-17(19)20-11-15(21-16)13-8-3-2-4-9-13;16-14-13(15(22)21-12-6-7-17-9-19-12)20-11(8-18-14)10-4-2-1-3-5-10;;;;;;;;/h4-13H,1-3H3,(H,22,25);3-12H,1-2H3,(H,22,25);2-11H,1H3,(H2,19,20)(H,22,23);1-9H,(H2,16,18)(H,17,19,21,22);8*1H. The van der Waals surface area contributed by atoms with Gasteiger partial charge in [-0.1, -0.05) is 146 Å². The quantitative estimate of drug-likeness (QED) is 0.0551. The summed E-state index contributed by atoms with van der Waals surface area (Å²) in [6, 6.07) is 61.7. The number of ketones is 1. The van der Waals surface area contributed by atoms with Gasteiger partial charge in [-0.3, -0.25) is 33.9 Å². The Morgan fingerprint density at radius 2 is 0.821 bits per heavy atom. The van der Waals surface area contributed by atoms with Crippen LogP contribution < -0.4 is 37.6 Å². The number of carbonyl (C=O) groups excluding carboxylic acids is 5. The maximum Gasteiger partial charge on any atom is 0.279 e. The molecule has 0 spiro atoms. The zero-order valence-electron chi connectivity index (χ0n) is 52.6. The van der Waals surface area contributed by atoms with Crippen LogP contribution in [0.1, 0.15) is 87.6 Å². The minimum atomic E-state index is -0.471. The Morgan fingerprint density at radius 3 is 1.25 bits per heavy atom. The number of hydrogen-bond acceptors (Lipinski definition) is 18. The summed E-state index contributed by atoms with van der Waals surface area (Å²) in [7, 11) is 3.92. The first-order chi connectivity index (χ1) is 46.0. The second-order valence-corrected chi connectivity index (χ2v) is 21.1. The zero-order chi connectivity index (χ0) is 67.2. The van der Waals surface area contributed by atoms with Gasteiger partial charge in [0.25, 0.3) is 23.6 Å². The van der Waals surface area contributed by atoms with Gasteiger partial charge in [0.05, 0.1) is 59.0 Å². The number of nitrogens with zero attached hydrogens (tertiary/aromatic N) is 11. The molecule has 5 aromatic heterocycles. The lowest BCUT2D eigenvalue weighted by atomic mass is 10.1. The summed E-state index contributed by atoms with van der Waals surface area (Å²) in [5.74, 6) is -0.927. The molecule has 12 aromatic rings. The van der Waals surface area contributed by atoms with Gasteiger partial charge in [-0.15, -0.1) is 0 Å². The van der Waals surface area contributed by atoms with Gasteiger partial charge in [0, 0.05) is 82.3 Å². The van der Waals surface area contributed by atoms with Crippen LogP contribution in [0.3, 0.4) is 0 Å². The first-order valence-electron chi connectivity index (χ1n) is 29.6. The number of para-hydroxylation sites is 1. The lowest BCUT2D eigenvalue weighted by molar-refractivity contribution is 0.101. The van der Waals surface area contributed by atoms with E-state index in [1.165, 1.54) is 25.6 Å². The van der Waals surface area contributed by atoms with Crippen LogP contribution in [0.15, 0.2) is 238 Å². The van der Waals surface area contributed by atoms with E-state index in [0.29, 0.717) is 56.9 Å². The van der Waals surface area contributed by atoms with Gasteiger partial charge < -0.3 is 37.6 Å². The zero-order valence-corrected chi connectivity index (χ0v) is 52.6. The number of Topliss-reactive ketones (excluding diaryl/α,β-unsaturated/α-hetero) is 1. The molecule has 22 heteroatoms. The topological polar surface area (TPSA) is 318 Å². The fourth-order valence-electron chi connectivity index (χ4n) is 8.92. The molecule has 0 fully saturated rings. The van der Waals surface area contributed by atoms with E-state index in [9.17, 15) is 24.0 Å². The highest BCUT2D eigenvalue weighted by molar-refractivity contribution is 6.07. The molecule has 0 bridgehead atoms. The Kier molecular flexibility index (Phi) is 22.4. The molecule has 488 valence electrons. The number of amides is 4. The van der Waals surface area contributed by atoms with Crippen molar-refractivity contribution in [3.05, 3.63) is 283 Å². The van der Waals surface area contributed by atoms with Gasteiger partial charge in [0.2, 0.25) is 0 Å². The first-order valence-corrected chi connectivity index (χ1v) is 29.6. The molecule has 8 N–H and O–H groups in total. The predicted molar refractivity (Wildman–Crippen MR) is 387 cm³/mol. The number of anilines is 7. The molecular weight excluding hydrogens is 1190 g/mol. The number of aromatic nitrogens is 10. The fraction of sp³-hybridized carbons (Fsp3) is 0.0822. The molecule has 22 nitrogen and oxygen atoms in total. The van der Waals surface area contributed by atoms with Crippen molar-refractivity contribution in [3.63, 3.8) is 0 Å². The second-order valence-electron chi connectivity index (χ2n) is 21.1. The Morgan fingerprint density at radius 1 is 0.411 bits per heavy atom. The molecule has 0 saturated carbocycles. The summed E-state index contributed by atoms with van der Waals surface area (Å²) < 4.78 is 0. The van der Waals surface area contributed by atoms with E-state index >= 15 is 0 Å².